The molecule has 0 saturated heterocycles. The van der Waals surface area contributed by atoms with E-state index >= 15 is 0 Å². The molecule has 0 bridgehead atoms. The van der Waals surface area contributed by atoms with Crippen LogP contribution >= 0.6 is 0 Å². The van der Waals surface area contributed by atoms with Crippen molar-refractivity contribution in [2.24, 2.45) is 5.92 Å². The van der Waals surface area contributed by atoms with E-state index in [2.05, 4.69) is 34.6 Å². The van der Waals surface area contributed by atoms with Crippen LogP contribution in [0.2, 0.25) is 23.2 Å². The van der Waals surface area contributed by atoms with Gasteiger partial charge in [-0.25, -0.2) is 0 Å². The molecular weight excluding hydrogens is 392 g/mol. The van der Waals surface area contributed by atoms with Crippen molar-refractivity contribution in [1.82, 2.24) is 0 Å². The summed E-state index contributed by atoms with van der Waals surface area (Å²) in [6, 6.07) is 2.02. The molecule has 29 heavy (non-hydrogen) atoms. The molecule has 1 atom stereocenters. The van der Waals surface area contributed by atoms with Crippen LogP contribution in [0.1, 0.15) is 112 Å². The lowest BCUT2D eigenvalue weighted by Crippen LogP contribution is -2.49. The third-order valence-corrected chi connectivity index (χ3v) is 14.1. The Balaban J connectivity index is 2.08. The number of hydrogen-bond donors (Lipinski definition) is 0. The fraction of sp³-hybridized carbons (Fsp3) is 0.958. The number of hydrogen-bond acceptors (Lipinski definition) is 3. The van der Waals surface area contributed by atoms with Gasteiger partial charge in [-0.3, -0.25) is 4.79 Å². The highest BCUT2D eigenvalue weighted by Crippen LogP contribution is 2.53. The molecule has 0 aliphatic heterocycles. The molecule has 0 aromatic carbocycles. The maximum absolute atomic E-state index is 13.3. The van der Waals surface area contributed by atoms with Crippen molar-refractivity contribution in [1.29, 1.82) is 0 Å². The van der Waals surface area contributed by atoms with E-state index in [0.29, 0.717) is 9.76 Å². The highest BCUT2D eigenvalue weighted by molar-refractivity contribution is 6.78. The third-order valence-electron chi connectivity index (χ3n) is 6.97. The van der Waals surface area contributed by atoms with Gasteiger partial charge in [0.25, 0.3) is 14.3 Å². The number of rotatable bonds is 12. The van der Waals surface area contributed by atoms with Crippen molar-refractivity contribution in [2.75, 3.05) is 0 Å². The molecule has 0 amide bonds. The van der Waals surface area contributed by atoms with Crippen molar-refractivity contribution in [2.45, 2.75) is 140 Å². The van der Waals surface area contributed by atoms with Crippen molar-refractivity contribution in [3.63, 3.8) is 0 Å². The van der Waals surface area contributed by atoms with E-state index in [4.69, 9.17) is 8.85 Å². The van der Waals surface area contributed by atoms with Gasteiger partial charge in [-0.05, 0) is 69.6 Å². The smallest absolute Gasteiger partial charge is 0.295 e. The van der Waals surface area contributed by atoms with Gasteiger partial charge in [-0.15, -0.1) is 0 Å². The van der Waals surface area contributed by atoms with Crippen LogP contribution in [-0.2, 0) is 13.6 Å². The lowest BCUT2D eigenvalue weighted by molar-refractivity contribution is -0.139. The van der Waals surface area contributed by atoms with Crippen LogP contribution in [0.3, 0.4) is 0 Å². The Morgan fingerprint density at radius 1 is 1.00 bits per heavy atom. The molecule has 0 spiro atoms. The van der Waals surface area contributed by atoms with Gasteiger partial charge in [0.15, 0.2) is 0 Å². The minimum atomic E-state index is -2.07. The van der Waals surface area contributed by atoms with E-state index in [-0.39, 0.29) is 17.5 Å². The summed E-state index contributed by atoms with van der Waals surface area (Å²) in [5.74, 6) is 0.0528. The van der Waals surface area contributed by atoms with Gasteiger partial charge in [0, 0.05) is 5.60 Å². The van der Waals surface area contributed by atoms with Crippen molar-refractivity contribution >= 4 is 24.0 Å². The highest BCUT2D eigenvalue weighted by Gasteiger charge is 2.53. The van der Waals surface area contributed by atoms with Crippen LogP contribution in [0, 0.1) is 5.92 Å². The van der Waals surface area contributed by atoms with Crippen LogP contribution in [0.15, 0.2) is 0 Å². The first-order valence-electron chi connectivity index (χ1n) is 12.4. The second-order valence-corrected chi connectivity index (χ2v) is 15.8. The average Bonchev–Trinajstić information content (AvgIpc) is 3.37. The Labute approximate surface area is 184 Å². The molecule has 0 aromatic rings. The van der Waals surface area contributed by atoms with Gasteiger partial charge in [0.1, 0.15) is 0 Å². The predicted octanol–water partition coefficient (Wildman–Crippen LogP) is 7.43. The second kappa shape index (κ2) is 12.0. The Bertz CT molecular complexity index is 461. The SMILES string of the molecule is CCCCCC[Si](OC(=O)C(C)C[Si]OC(C)(C)C)(C1CCCC1)C1CCCC1. The number of carbonyl (C=O) groups is 1. The van der Waals surface area contributed by atoms with Gasteiger partial charge >= 0.3 is 0 Å². The lowest BCUT2D eigenvalue weighted by atomic mass is 10.2. The molecule has 5 heteroatoms. The molecule has 2 radical (unpaired) electrons. The number of unbranched alkanes of at least 4 members (excludes halogenated alkanes) is 3. The molecule has 0 heterocycles. The molecule has 2 fully saturated rings. The summed E-state index contributed by atoms with van der Waals surface area (Å²) in [6.07, 6.45) is 15.8. The highest BCUT2D eigenvalue weighted by atomic mass is 28.4. The number of carbonyl (C=O) groups excluding carboxylic acids is 1. The summed E-state index contributed by atoms with van der Waals surface area (Å²) >= 11 is 0. The molecule has 2 aliphatic carbocycles. The van der Waals surface area contributed by atoms with Gasteiger partial charge < -0.3 is 8.85 Å². The first-order chi connectivity index (χ1) is 13.8. The second-order valence-electron chi connectivity index (χ2n) is 10.6. The Morgan fingerprint density at radius 3 is 2.03 bits per heavy atom. The first-order valence-corrected chi connectivity index (χ1v) is 15.8. The molecule has 168 valence electrons. The summed E-state index contributed by atoms with van der Waals surface area (Å²) in [5, 5.41) is 0. The molecule has 2 aliphatic rings. The molecule has 2 saturated carbocycles. The minimum Gasteiger partial charge on any atom is -0.518 e. The minimum absolute atomic E-state index is 0.0407. The quantitative estimate of drug-likeness (QED) is 0.235. The maximum Gasteiger partial charge on any atom is 0.295 e. The van der Waals surface area contributed by atoms with Gasteiger partial charge in [-0.1, -0.05) is 65.2 Å². The summed E-state index contributed by atoms with van der Waals surface area (Å²) in [5.41, 5.74) is 1.31. The zero-order chi connectivity index (χ0) is 21.3. The standard InChI is InChI=1S/C24H46O3Si2/c1-6-7-8-13-18-29(21-14-9-10-15-21,22-16-11-12-17-22)26-23(25)20(2)19-28-27-24(3,4)5/h20-22H,6-19H2,1-5H3. The third kappa shape index (κ3) is 7.81. The van der Waals surface area contributed by atoms with E-state index < -0.39 is 8.32 Å². The van der Waals surface area contributed by atoms with Crippen LogP contribution in [0.5, 0.6) is 0 Å². The first kappa shape index (κ1) is 25.1. The fourth-order valence-corrected chi connectivity index (χ4v) is 12.4. The lowest BCUT2D eigenvalue weighted by Gasteiger charge is -2.41. The molecule has 2 rings (SSSR count). The normalized spacial score (nSPS) is 20.3. The van der Waals surface area contributed by atoms with E-state index in [0.717, 1.165) is 17.1 Å². The average molecular weight is 439 g/mol. The summed E-state index contributed by atoms with van der Waals surface area (Å²) < 4.78 is 12.7. The van der Waals surface area contributed by atoms with Crippen molar-refractivity contribution in [3.8, 4) is 0 Å². The molecule has 3 nitrogen and oxygen atoms in total. The fourth-order valence-electron chi connectivity index (χ4n) is 5.37. The van der Waals surface area contributed by atoms with Crippen LogP contribution in [0.25, 0.3) is 0 Å². The Morgan fingerprint density at radius 2 is 1.55 bits per heavy atom. The van der Waals surface area contributed by atoms with E-state index in [9.17, 15) is 4.79 Å². The maximum atomic E-state index is 13.3. The van der Waals surface area contributed by atoms with E-state index in [1.165, 1.54) is 83.1 Å². The van der Waals surface area contributed by atoms with E-state index in [1.807, 2.05) is 0 Å². The largest absolute Gasteiger partial charge is 0.518 e. The zero-order valence-corrected chi connectivity index (χ0v) is 21.9. The summed E-state index contributed by atoms with van der Waals surface area (Å²) in [6.45, 7) is 10.6. The molecule has 0 aromatic heterocycles. The molecule has 1 unspecified atom stereocenters. The van der Waals surface area contributed by atoms with Gasteiger partial charge in [0.2, 0.25) is 9.76 Å². The summed E-state index contributed by atoms with van der Waals surface area (Å²) in [4.78, 5) is 13.3. The summed E-state index contributed by atoms with van der Waals surface area (Å²) in [7, 11) is -1.69. The van der Waals surface area contributed by atoms with Crippen LogP contribution in [-0.4, -0.2) is 29.7 Å². The molecular formula is C24H46O3Si2. The topological polar surface area (TPSA) is 35.5 Å². The zero-order valence-electron chi connectivity index (χ0n) is 19.9. The van der Waals surface area contributed by atoms with Crippen molar-refractivity contribution < 1.29 is 13.6 Å². The monoisotopic (exact) mass is 438 g/mol. The Kier molecular flexibility index (Phi) is 10.4. The Hall–Kier alpha value is -0.136. The van der Waals surface area contributed by atoms with Crippen LogP contribution in [0.4, 0.5) is 0 Å². The van der Waals surface area contributed by atoms with Crippen LogP contribution < -0.4 is 0 Å². The predicted molar refractivity (Wildman–Crippen MR) is 126 cm³/mol. The van der Waals surface area contributed by atoms with Gasteiger partial charge in [-0.2, -0.15) is 0 Å². The van der Waals surface area contributed by atoms with Crippen molar-refractivity contribution in [3.05, 3.63) is 0 Å². The van der Waals surface area contributed by atoms with Gasteiger partial charge in [0.05, 0.1) is 5.92 Å². The van der Waals surface area contributed by atoms with E-state index in [1.54, 1.807) is 0 Å². The molecule has 0 N–H and O–H groups in total.